The molecule has 4 rings (SSSR count). The summed E-state index contributed by atoms with van der Waals surface area (Å²) in [5, 5.41) is 9.94. The minimum absolute atomic E-state index is 0.153. The lowest BCUT2D eigenvalue weighted by Crippen LogP contribution is -2.17. The fourth-order valence-electron chi connectivity index (χ4n) is 2.91. The quantitative estimate of drug-likeness (QED) is 0.758. The first-order chi connectivity index (χ1) is 10.7. The molecule has 3 aromatic rings. The van der Waals surface area contributed by atoms with E-state index in [0.29, 0.717) is 21.9 Å². The van der Waals surface area contributed by atoms with Gasteiger partial charge in [0.2, 0.25) is 0 Å². The van der Waals surface area contributed by atoms with Crippen LogP contribution in [0.2, 0.25) is 5.02 Å². The number of fused-ring (bicyclic) bond motifs is 1. The van der Waals surface area contributed by atoms with E-state index >= 15 is 0 Å². The van der Waals surface area contributed by atoms with E-state index in [1.807, 2.05) is 12.1 Å². The van der Waals surface area contributed by atoms with E-state index < -0.39 is 0 Å². The predicted octanol–water partition coefficient (Wildman–Crippen LogP) is 3.58. The highest BCUT2D eigenvalue weighted by Gasteiger charge is 2.14. The zero-order valence-corrected chi connectivity index (χ0v) is 12.6. The number of imidazole rings is 1. The maximum atomic E-state index is 9.41. The van der Waals surface area contributed by atoms with Gasteiger partial charge in [-0.15, -0.1) is 0 Å². The number of aromatic amines is 1. The van der Waals surface area contributed by atoms with Crippen LogP contribution in [0, 0.1) is 0 Å². The van der Waals surface area contributed by atoms with Crippen LogP contribution in [-0.2, 0) is 0 Å². The summed E-state index contributed by atoms with van der Waals surface area (Å²) in [5.41, 5.74) is 3.93. The van der Waals surface area contributed by atoms with E-state index in [9.17, 15) is 5.11 Å². The molecule has 0 atom stereocenters. The highest BCUT2D eigenvalue weighted by atomic mass is 35.5. The van der Waals surface area contributed by atoms with E-state index in [2.05, 4.69) is 32.0 Å². The molecular weight excluding hydrogens is 300 g/mol. The van der Waals surface area contributed by atoms with Gasteiger partial charge in [0.05, 0.1) is 16.2 Å². The van der Waals surface area contributed by atoms with Crippen molar-refractivity contribution in [1.82, 2.24) is 15.0 Å². The highest BCUT2D eigenvalue weighted by Crippen LogP contribution is 2.31. The zero-order chi connectivity index (χ0) is 15.1. The zero-order valence-electron chi connectivity index (χ0n) is 11.9. The number of nitrogens with one attached hydrogen (secondary N) is 1. The summed E-state index contributed by atoms with van der Waals surface area (Å²) in [7, 11) is 0. The van der Waals surface area contributed by atoms with Crippen molar-refractivity contribution in [3.05, 3.63) is 35.4 Å². The second-order valence-electron chi connectivity index (χ2n) is 5.49. The van der Waals surface area contributed by atoms with E-state index in [1.165, 1.54) is 18.5 Å². The lowest BCUT2D eigenvalue weighted by molar-refractivity contribution is 0.438. The van der Waals surface area contributed by atoms with Crippen LogP contribution in [0.3, 0.4) is 0 Å². The lowest BCUT2D eigenvalue weighted by atomic mass is 10.1. The van der Waals surface area contributed by atoms with Gasteiger partial charge in [-0.05, 0) is 31.0 Å². The number of hydrogen-bond donors (Lipinski definition) is 2. The topological polar surface area (TPSA) is 65.0 Å². The Balaban J connectivity index is 1.72. The summed E-state index contributed by atoms with van der Waals surface area (Å²) in [6.07, 6.45) is 2.52. The Kier molecular flexibility index (Phi) is 3.15. The molecule has 6 heteroatoms. The summed E-state index contributed by atoms with van der Waals surface area (Å²) < 4.78 is 0. The van der Waals surface area contributed by atoms with Gasteiger partial charge in [-0.25, -0.2) is 4.98 Å². The number of anilines is 1. The molecule has 2 N–H and O–H groups in total. The standard InChI is InChI=1S/C16H15ClN4O/c17-12-9-13-15(20-16(22)18-13)19-14(12)10-3-5-11(6-4-10)21-7-1-2-8-21/h3-6,9H,1-2,7-8H2,(H2,18,19,20,22). The Bertz CT molecular complexity index is 822. The summed E-state index contributed by atoms with van der Waals surface area (Å²) >= 11 is 6.31. The Morgan fingerprint density at radius 2 is 1.82 bits per heavy atom. The number of hydrogen-bond acceptors (Lipinski definition) is 4. The Labute approximate surface area is 132 Å². The Hall–Kier alpha value is -2.27. The Morgan fingerprint density at radius 3 is 2.55 bits per heavy atom. The molecule has 1 saturated heterocycles. The third kappa shape index (κ3) is 2.27. The molecule has 1 aliphatic rings. The summed E-state index contributed by atoms with van der Waals surface area (Å²) in [6, 6.07) is 9.84. The van der Waals surface area contributed by atoms with Crippen molar-refractivity contribution in [1.29, 1.82) is 0 Å². The van der Waals surface area contributed by atoms with E-state index in [-0.39, 0.29) is 6.01 Å². The first-order valence-corrected chi connectivity index (χ1v) is 7.69. The molecule has 1 aliphatic heterocycles. The van der Waals surface area contributed by atoms with Crippen LogP contribution in [0.15, 0.2) is 30.3 Å². The van der Waals surface area contributed by atoms with Gasteiger partial charge in [0.25, 0.3) is 6.01 Å². The predicted molar refractivity (Wildman–Crippen MR) is 87.4 cm³/mol. The molecule has 0 saturated carbocycles. The molecular formula is C16H15ClN4O. The molecule has 0 spiro atoms. The number of benzene rings is 1. The third-order valence-electron chi connectivity index (χ3n) is 4.03. The first kappa shape index (κ1) is 13.4. The molecule has 112 valence electrons. The number of H-pyrrole nitrogens is 1. The first-order valence-electron chi connectivity index (χ1n) is 7.31. The van der Waals surface area contributed by atoms with Crippen LogP contribution in [-0.4, -0.2) is 33.1 Å². The summed E-state index contributed by atoms with van der Waals surface area (Å²) in [5.74, 6) is 0. The average molecular weight is 315 g/mol. The lowest BCUT2D eigenvalue weighted by Gasteiger charge is -2.17. The van der Waals surface area contributed by atoms with Crippen LogP contribution >= 0.6 is 11.6 Å². The highest BCUT2D eigenvalue weighted by molar-refractivity contribution is 6.33. The molecule has 0 aliphatic carbocycles. The number of aromatic hydroxyl groups is 1. The fourth-order valence-corrected chi connectivity index (χ4v) is 3.17. The molecule has 1 aromatic carbocycles. The van der Waals surface area contributed by atoms with Crippen molar-refractivity contribution in [2.24, 2.45) is 0 Å². The van der Waals surface area contributed by atoms with E-state index in [4.69, 9.17) is 11.6 Å². The number of halogens is 1. The number of aromatic nitrogens is 3. The van der Waals surface area contributed by atoms with Crippen molar-refractivity contribution in [2.45, 2.75) is 12.8 Å². The SMILES string of the molecule is Oc1nc2nc(-c3ccc(N4CCCC4)cc3)c(Cl)cc2[nH]1. The molecule has 3 heterocycles. The van der Waals surface area contributed by atoms with Crippen molar-refractivity contribution < 1.29 is 5.11 Å². The van der Waals surface area contributed by atoms with Crippen LogP contribution in [0.4, 0.5) is 5.69 Å². The molecule has 2 aromatic heterocycles. The summed E-state index contributed by atoms with van der Waals surface area (Å²) in [4.78, 5) is 13.5. The van der Waals surface area contributed by atoms with Crippen LogP contribution in [0.1, 0.15) is 12.8 Å². The number of nitrogens with zero attached hydrogens (tertiary/aromatic N) is 3. The van der Waals surface area contributed by atoms with E-state index in [1.54, 1.807) is 6.07 Å². The average Bonchev–Trinajstić information content (AvgIpc) is 3.15. The molecule has 0 bridgehead atoms. The normalized spacial score (nSPS) is 14.9. The van der Waals surface area contributed by atoms with Crippen LogP contribution in [0.5, 0.6) is 6.01 Å². The van der Waals surface area contributed by atoms with Gasteiger partial charge in [-0.2, -0.15) is 4.98 Å². The van der Waals surface area contributed by atoms with Crippen molar-refractivity contribution in [2.75, 3.05) is 18.0 Å². The molecule has 0 radical (unpaired) electrons. The molecule has 22 heavy (non-hydrogen) atoms. The van der Waals surface area contributed by atoms with Crippen molar-refractivity contribution in [3.8, 4) is 17.3 Å². The largest absolute Gasteiger partial charge is 0.480 e. The van der Waals surface area contributed by atoms with Gasteiger partial charge in [0, 0.05) is 24.3 Å². The smallest absolute Gasteiger partial charge is 0.293 e. The number of pyridine rings is 1. The van der Waals surface area contributed by atoms with Gasteiger partial charge in [0.15, 0.2) is 5.65 Å². The number of rotatable bonds is 2. The van der Waals surface area contributed by atoms with Crippen molar-refractivity contribution in [3.63, 3.8) is 0 Å². The molecule has 0 unspecified atom stereocenters. The van der Waals surface area contributed by atoms with Gasteiger partial charge < -0.3 is 15.0 Å². The monoisotopic (exact) mass is 314 g/mol. The minimum atomic E-state index is -0.153. The van der Waals surface area contributed by atoms with E-state index in [0.717, 1.165) is 18.7 Å². The van der Waals surface area contributed by atoms with Gasteiger partial charge in [0.1, 0.15) is 0 Å². The van der Waals surface area contributed by atoms with Crippen molar-refractivity contribution >= 4 is 28.5 Å². The van der Waals surface area contributed by atoms with Gasteiger partial charge in [-0.1, -0.05) is 23.7 Å². The third-order valence-corrected chi connectivity index (χ3v) is 4.31. The Morgan fingerprint density at radius 1 is 1.09 bits per heavy atom. The van der Waals surface area contributed by atoms with Crippen LogP contribution < -0.4 is 4.90 Å². The second-order valence-corrected chi connectivity index (χ2v) is 5.90. The van der Waals surface area contributed by atoms with Gasteiger partial charge in [-0.3, -0.25) is 0 Å². The molecule has 5 nitrogen and oxygen atoms in total. The second kappa shape index (κ2) is 5.18. The summed E-state index contributed by atoms with van der Waals surface area (Å²) in [6.45, 7) is 2.24. The maximum Gasteiger partial charge on any atom is 0.293 e. The van der Waals surface area contributed by atoms with Gasteiger partial charge >= 0.3 is 0 Å². The molecule has 1 fully saturated rings. The maximum absolute atomic E-state index is 9.41. The molecule has 0 amide bonds. The minimum Gasteiger partial charge on any atom is -0.480 e. The van der Waals surface area contributed by atoms with Crippen LogP contribution in [0.25, 0.3) is 22.4 Å². The fraction of sp³-hybridized carbons (Fsp3) is 0.250.